The van der Waals surface area contributed by atoms with Gasteiger partial charge in [0.25, 0.3) is 0 Å². The normalized spacial score (nSPS) is 20.4. The van der Waals surface area contributed by atoms with E-state index in [2.05, 4.69) is 79.6 Å². The van der Waals surface area contributed by atoms with Gasteiger partial charge in [-0.2, -0.15) is 0 Å². The van der Waals surface area contributed by atoms with Gasteiger partial charge in [-0.25, -0.2) is 0 Å². The number of hydrogen-bond donors (Lipinski definition) is 1. The molecule has 1 N–H and O–H groups in total. The molecule has 2 aliphatic heterocycles. The van der Waals surface area contributed by atoms with Crippen LogP contribution in [-0.4, -0.2) is 41.9 Å². The molecule has 1 unspecified atom stereocenters. The van der Waals surface area contributed by atoms with Crippen molar-refractivity contribution in [2.45, 2.75) is 45.3 Å². The van der Waals surface area contributed by atoms with Crippen molar-refractivity contribution in [1.29, 1.82) is 0 Å². The molecule has 2 heterocycles. The summed E-state index contributed by atoms with van der Waals surface area (Å²) < 4.78 is 1.11. The summed E-state index contributed by atoms with van der Waals surface area (Å²) in [6.07, 6.45) is 4.69. The van der Waals surface area contributed by atoms with Crippen molar-refractivity contribution in [2.75, 3.05) is 26.2 Å². The zero-order chi connectivity index (χ0) is 20.8. The molecule has 30 heavy (non-hydrogen) atoms. The minimum atomic E-state index is 0.0821. The summed E-state index contributed by atoms with van der Waals surface area (Å²) >= 11 is 3.55. The van der Waals surface area contributed by atoms with Gasteiger partial charge in [-0.3, -0.25) is 14.6 Å². The van der Waals surface area contributed by atoms with E-state index in [1.165, 1.54) is 42.6 Å². The lowest BCUT2D eigenvalue weighted by atomic mass is 9.96. The molecular weight excluding hydrogens is 438 g/mol. The first kappa shape index (κ1) is 21.5. The van der Waals surface area contributed by atoms with Crippen LogP contribution in [0.15, 0.2) is 53.0 Å². The minimum Gasteiger partial charge on any atom is -0.352 e. The monoisotopic (exact) mass is 469 g/mol. The van der Waals surface area contributed by atoms with E-state index >= 15 is 0 Å². The second-order valence-corrected chi connectivity index (χ2v) is 9.64. The van der Waals surface area contributed by atoms with Crippen LogP contribution in [0.2, 0.25) is 0 Å². The van der Waals surface area contributed by atoms with E-state index in [-0.39, 0.29) is 11.8 Å². The van der Waals surface area contributed by atoms with Crippen LogP contribution in [0.1, 0.15) is 42.4 Å². The Morgan fingerprint density at radius 1 is 0.900 bits per heavy atom. The summed E-state index contributed by atoms with van der Waals surface area (Å²) in [5.41, 5.74) is 3.84. The summed E-state index contributed by atoms with van der Waals surface area (Å²) in [4.78, 5) is 17.8. The Kier molecular flexibility index (Phi) is 7.58. The number of benzene rings is 2. The van der Waals surface area contributed by atoms with Crippen LogP contribution in [0.4, 0.5) is 0 Å². The van der Waals surface area contributed by atoms with Crippen molar-refractivity contribution in [3.8, 4) is 0 Å². The number of nitrogens with one attached hydrogen (secondary N) is 1. The zero-order valence-corrected chi connectivity index (χ0v) is 19.2. The number of hydrogen-bond acceptors (Lipinski definition) is 3. The van der Waals surface area contributed by atoms with Gasteiger partial charge in [0.05, 0.1) is 5.92 Å². The summed E-state index contributed by atoms with van der Waals surface area (Å²) in [6.45, 7) is 6.87. The van der Waals surface area contributed by atoms with Crippen molar-refractivity contribution in [2.24, 2.45) is 5.92 Å². The molecule has 0 aromatic heterocycles. The van der Waals surface area contributed by atoms with Gasteiger partial charge in [-0.05, 0) is 74.1 Å². The minimum absolute atomic E-state index is 0.0821. The SMILES string of the molecule is O=C(NCc1cccc(CN2CCCC2)c1)C1CCCN(Cc2cccc(Br)c2)C1. The molecule has 2 fully saturated rings. The molecule has 0 radical (unpaired) electrons. The number of amides is 1. The van der Waals surface area contributed by atoms with Gasteiger partial charge in [0.2, 0.25) is 5.91 Å². The molecule has 0 bridgehead atoms. The molecule has 0 spiro atoms. The number of likely N-dealkylation sites (tertiary alicyclic amines) is 2. The molecule has 2 saturated heterocycles. The lowest BCUT2D eigenvalue weighted by Crippen LogP contribution is -2.42. The maximum Gasteiger partial charge on any atom is 0.224 e. The lowest BCUT2D eigenvalue weighted by Gasteiger charge is -2.32. The smallest absolute Gasteiger partial charge is 0.224 e. The van der Waals surface area contributed by atoms with E-state index in [1.807, 2.05) is 0 Å². The summed E-state index contributed by atoms with van der Waals surface area (Å²) in [6, 6.07) is 17.1. The highest BCUT2D eigenvalue weighted by Gasteiger charge is 2.25. The number of carbonyl (C=O) groups excluding carboxylic acids is 1. The number of nitrogens with zero attached hydrogens (tertiary/aromatic N) is 2. The summed E-state index contributed by atoms with van der Waals surface area (Å²) in [5.74, 6) is 0.276. The standard InChI is InChI=1S/C25H32BrN3O/c26-24-10-4-8-22(15-24)18-29-13-5-9-23(19-29)25(30)27-16-20-6-3-7-21(14-20)17-28-11-1-2-12-28/h3-4,6-8,10,14-15,23H,1-2,5,9,11-13,16-19H2,(H,27,30). The molecule has 4 rings (SSSR count). The van der Waals surface area contributed by atoms with Crippen LogP contribution in [0, 0.1) is 5.92 Å². The number of carbonyl (C=O) groups is 1. The van der Waals surface area contributed by atoms with Crippen molar-refractivity contribution < 1.29 is 4.79 Å². The summed E-state index contributed by atoms with van der Waals surface area (Å²) in [7, 11) is 0. The molecule has 2 aromatic carbocycles. The maximum absolute atomic E-state index is 12.8. The van der Waals surface area contributed by atoms with Gasteiger partial charge >= 0.3 is 0 Å². The molecular formula is C25H32BrN3O. The fraction of sp³-hybridized carbons (Fsp3) is 0.480. The van der Waals surface area contributed by atoms with Crippen molar-refractivity contribution >= 4 is 21.8 Å². The number of halogens is 1. The van der Waals surface area contributed by atoms with Crippen LogP contribution in [0.5, 0.6) is 0 Å². The number of rotatable bonds is 7. The summed E-state index contributed by atoms with van der Waals surface area (Å²) in [5, 5.41) is 3.20. The molecule has 5 heteroatoms. The molecule has 2 aromatic rings. The van der Waals surface area contributed by atoms with Gasteiger partial charge in [0, 0.05) is 30.7 Å². The average molecular weight is 470 g/mol. The Morgan fingerprint density at radius 2 is 1.57 bits per heavy atom. The van der Waals surface area contributed by atoms with Gasteiger partial charge in [-0.1, -0.05) is 52.3 Å². The Labute approximate surface area is 188 Å². The molecule has 0 aliphatic carbocycles. The first-order chi connectivity index (χ1) is 14.7. The van der Waals surface area contributed by atoms with Crippen molar-refractivity contribution in [3.63, 3.8) is 0 Å². The molecule has 4 nitrogen and oxygen atoms in total. The first-order valence-corrected chi connectivity index (χ1v) is 12.0. The first-order valence-electron chi connectivity index (χ1n) is 11.2. The average Bonchev–Trinajstić information content (AvgIpc) is 3.25. The number of piperidine rings is 1. The highest BCUT2D eigenvalue weighted by Crippen LogP contribution is 2.21. The molecule has 0 saturated carbocycles. The highest BCUT2D eigenvalue weighted by atomic mass is 79.9. The van der Waals surface area contributed by atoms with Crippen LogP contribution >= 0.6 is 15.9 Å². The van der Waals surface area contributed by atoms with E-state index in [0.717, 1.165) is 43.5 Å². The van der Waals surface area contributed by atoms with E-state index in [4.69, 9.17) is 0 Å². The Hall–Kier alpha value is -1.69. The van der Waals surface area contributed by atoms with Gasteiger partial charge in [0.1, 0.15) is 0 Å². The Bertz CT molecular complexity index is 850. The van der Waals surface area contributed by atoms with Gasteiger partial charge in [0.15, 0.2) is 0 Å². The zero-order valence-electron chi connectivity index (χ0n) is 17.7. The predicted molar refractivity (Wildman–Crippen MR) is 125 cm³/mol. The molecule has 160 valence electrons. The molecule has 1 atom stereocenters. The van der Waals surface area contributed by atoms with E-state index in [9.17, 15) is 4.79 Å². The topological polar surface area (TPSA) is 35.6 Å². The van der Waals surface area contributed by atoms with Crippen LogP contribution < -0.4 is 5.32 Å². The van der Waals surface area contributed by atoms with E-state index < -0.39 is 0 Å². The predicted octanol–water partition coefficient (Wildman–Crippen LogP) is 4.57. The van der Waals surface area contributed by atoms with Crippen LogP contribution in [0.3, 0.4) is 0 Å². The Balaban J connectivity index is 1.27. The van der Waals surface area contributed by atoms with E-state index in [0.29, 0.717) is 6.54 Å². The Morgan fingerprint density at radius 3 is 2.37 bits per heavy atom. The fourth-order valence-electron chi connectivity index (χ4n) is 4.68. The van der Waals surface area contributed by atoms with Crippen LogP contribution in [0.25, 0.3) is 0 Å². The third-order valence-corrected chi connectivity index (χ3v) is 6.73. The second-order valence-electron chi connectivity index (χ2n) is 8.73. The highest BCUT2D eigenvalue weighted by molar-refractivity contribution is 9.10. The molecule has 1 amide bonds. The molecule has 2 aliphatic rings. The van der Waals surface area contributed by atoms with Gasteiger partial charge in [-0.15, -0.1) is 0 Å². The van der Waals surface area contributed by atoms with Crippen molar-refractivity contribution in [3.05, 3.63) is 69.7 Å². The second kappa shape index (κ2) is 10.6. The third-order valence-electron chi connectivity index (χ3n) is 6.23. The van der Waals surface area contributed by atoms with Crippen molar-refractivity contribution in [1.82, 2.24) is 15.1 Å². The fourth-order valence-corrected chi connectivity index (χ4v) is 5.12. The maximum atomic E-state index is 12.8. The largest absolute Gasteiger partial charge is 0.352 e. The third kappa shape index (κ3) is 6.16. The lowest BCUT2D eigenvalue weighted by molar-refractivity contribution is -0.126. The van der Waals surface area contributed by atoms with E-state index in [1.54, 1.807) is 0 Å². The quantitative estimate of drug-likeness (QED) is 0.644. The van der Waals surface area contributed by atoms with Gasteiger partial charge < -0.3 is 5.32 Å². The van der Waals surface area contributed by atoms with Crippen LogP contribution in [-0.2, 0) is 24.4 Å².